The first-order valence-corrected chi connectivity index (χ1v) is 7.00. The van der Waals surface area contributed by atoms with Gasteiger partial charge in [-0.05, 0) is 38.4 Å². The van der Waals surface area contributed by atoms with Gasteiger partial charge in [0.05, 0.1) is 6.54 Å². The van der Waals surface area contributed by atoms with Crippen LogP contribution in [0.15, 0.2) is 28.8 Å². The lowest BCUT2D eigenvalue weighted by molar-refractivity contribution is -0.142. The van der Waals surface area contributed by atoms with Crippen molar-refractivity contribution < 1.29 is 14.4 Å². The van der Waals surface area contributed by atoms with E-state index in [9.17, 15) is 4.79 Å². The van der Waals surface area contributed by atoms with Crippen molar-refractivity contribution >= 4 is 5.97 Å². The van der Waals surface area contributed by atoms with Crippen molar-refractivity contribution in [1.29, 1.82) is 0 Å². The Hall–Kier alpha value is -2.21. The molecule has 1 atom stereocenters. The number of hydrogen-bond donors (Lipinski definition) is 1. The number of hydrogen-bond acceptors (Lipinski definition) is 5. The molecule has 6 nitrogen and oxygen atoms in total. The number of aromatic nitrogens is 2. The van der Waals surface area contributed by atoms with Gasteiger partial charge in [-0.2, -0.15) is 4.98 Å². The molecule has 1 aromatic heterocycles. The number of benzene rings is 1. The molecule has 1 saturated heterocycles. The van der Waals surface area contributed by atoms with Crippen molar-refractivity contribution in [3.8, 4) is 11.5 Å². The van der Waals surface area contributed by atoms with E-state index in [1.54, 1.807) is 0 Å². The lowest BCUT2D eigenvalue weighted by Crippen LogP contribution is -2.35. The summed E-state index contributed by atoms with van der Waals surface area (Å²) in [6.07, 6.45) is 1.57. The Balaban J connectivity index is 1.73. The van der Waals surface area contributed by atoms with E-state index in [2.05, 4.69) is 10.1 Å². The van der Waals surface area contributed by atoms with Crippen molar-refractivity contribution in [2.24, 2.45) is 0 Å². The first-order chi connectivity index (χ1) is 10.1. The molecule has 0 saturated carbocycles. The highest BCUT2D eigenvalue weighted by molar-refractivity contribution is 5.73. The third-order valence-corrected chi connectivity index (χ3v) is 3.76. The highest BCUT2D eigenvalue weighted by Gasteiger charge is 2.31. The number of likely N-dealkylation sites (tertiary alicyclic amines) is 1. The van der Waals surface area contributed by atoms with Crippen molar-refractivity contribution in [1.82, 2.24) is 15.0 Å². The van der Waals surface area contributed by atoms with E-state index in [-0.39, 0.29) is 0 Å². The molecule has 1 aliphatic heterocycles. The molecule has 1 unspecified atom stereocenters. The molecular weight excluding hydrogens is 270 g/mol. The maximum atomic E-state index is 11.2. The topological polar surface area (TPSA) is 79.5 Å². The molecule has 2 heterocycles. The van der Waals surface area contributed by atoms with Gasteiger partial charge in [0.1, 0.15) is 6.04 Å². The fourth-order valence-electron chi connectivity index (χ4n) is 2.61. The summed E-state index contributed by atoms with van der Waals surface area (Å²) in [6, 6.07) is 7.40. The maximum absolute atomic E-state index is 11.2. The summed E-state index contributed by atoms with van der Waals surface area (Å²) >= 11 is 0. The molecule has 1 fully saturated rings. The number of aliphatic carboxylic acids is 1. The van der Waals surface area contributed by atoms with Crippen LogP contribution in [0.25, 0.3) is 11.5 Å². The lowest BCUT2D eigenvalue weighted by atomic mass is 10.1. The molecule has 21 heavy (non-hydrogen) atoms. The molecule has 0 amide bonds. The summed E-state index contributed by atoms with van der Waals surface area (Å²) < 4.78 is 5.26. The number of carbonyl (C=O) groups is 1. The van der Waals surface area contributed by atoms with Gasteiger partial charge in [0.15, 0.2) is 5.82 Å². The van der Waals surface area contributed by atoms with Crippen LogP contribution in [0, 0.1) is 6.92 Å². The molecule has 2 aromatic rings. The third-order valence-electron chi connectivity index (χ3n) is 3.76. The molecule has 1 aromatic carbocycles. The molecule has 0 spiro atoms. The Kier molecular flexibility index (Phi) is 3.70. The van der Waals surface area contributed by atoms with Crippen LogP contribution in [0.5, 0.6) is 0 Å². The molecular formula is C15H17N3O3. The van der Waals surface area contributed by atoms with Crippen LogP contribution < -0.4 is 0 Å². The molecule has 0 bridgehead atoms. The van der Waals surface area contributed by atoms with Crippen molar-refractivity contribution in [3.63, 3.8) is 0 Å². The Morgan fingerprint density at radius 1 is 1.43 bits per heavy atom. The number of nitrogens with zero attached hydrogens (tertiary/aromatic N) is 3. The van der Waals surface area contributed by atoms with Crippen LogP contribution in [-0.4, -0.2) is 38.7 Å². The Morgan fingerprint density at radius 3 is 2.90 bits per heavy atom. The molecule has 1 aliphatic rings. The van der Waals surface area contributed by atoms with E-state index in [0.717, 1.165) is 18.5 Å². The molecule has 0 aliphatic carbocycles. The predicted molar refractivity (Wildman–Crippen MR) is 75.5 cm³/mol. The first kappa shape index (κ1) is 13.8. The Morgan fingerprint density at radius 2 is 2.19 bits per heavy atom. The second kappa shape index (κ2) is 5.65. The van der Waals surface area contributed by atoms with Crippen LogP contribution in [0.1, 0.15) is 24.2 Å². The normalized spacial score (nSPS) is 19.0. The van der Waals surface area contributed by atoms with E-state index in [0.29, 0.717) is 24.7 Å². The highest BCUT2D eigenvalue weighted by atomic mass is 16.5. The fraction of sp³-hybridized carbons (Fsp3) is 0.400. The van der Waals surface area contributed by atoms with Crippen molar-refractivity contribution in [3.05, 3.63) is 35.7 Å². The molecule has 3 rings (SSSR count). The van der Waals surface area contributed by atoms with Gasteiger partial charge >= 0.3 is 5.97 Å². The molecule has 110 valence electrons. The second-order valence-electron chi connectivity index (χ2n) is 5.35. The van der Waals surface area contributed by atoms with Gasteiger partial charge in [-0.15, -0.1) is 0 Å². The smallest absolute Gasteiger partial charge is 0.320 e. The summed E-state index contributed by atoms with van der Waals surface area (Å²) in [5, 5.41) is 13.1. The highest BCUT2D eigenvalue weighted by Crippen LogP contribution is 2.21. The predicted octanol–water partition coefficient (Wildman–Crippen LogP) is 2.09. The minimum absolute atomic E-state index is 0.409. The zero-order valence-electron chi connectivity index (χ0n) is 11.8. The number of rotatable bonds is 4. The molecule has 0 radical (unpaired) electrons. The zero-order valence-corrected chi connectivity index (χ0v) is 11.8. The minimum atomic E-state index is -0.783. The van der Waals surface area contributed by atoms with Gasteiger partial charge in [-0.1, -0.05) is 22.9 Å². The van der Waals surface area contributed by atoms with E-state index >= 15 is 0 Å². The van der Waals surface area contributed by atoms with Gasteiger partial charge in [-0.3, -0.25) is 9.69 Å². The first-order valence-electron chi connectivity index (χ1n) is 7.00. The lowest BCUT2D eigenvalue weighted by Gasteiger charge is -2.18. The van der Waals surface area contributed by atoms with Crippen LogP contribution >= 0.6 is 0 Å². The van der Waals surface area contributed by atoms with Gasteiger partial charge in [-0.25, -0.2) is 0 Å². The van der Waals surface area contributed by atoms with Crippen LogP contribution in [0.3, 0.4) is 0 Å². The summed E-state index contributed by atoms with van der Waals surface area (Å²) in [5.41, 5.74) is 2.04. The number of aryl methyl sites for hydroxylation is 1. The van der Waals surface area contributed by atoms with Crippen molar-refractivity contribution in [2.75, 3.05) is 6.54 Å². The fourth-order valence-corrected chi connectivity index (χ4v) is 2.61. The average molecular weight is 287 g/mol. The van der Waals surface area contributed by atoms with Crippen LogP contribution in [-0.2, 0) is 11.3 Å². The van der Waals surface area contributed by atoms with Gasteiger partial charge < -0.3 is 9.63 Å². The minimum Gasteiger partial charge on any atom is -0.480 e. The van der Waals surface area contributed by atoms with Crippen LogP contribution in [0.2, 0.25) is 0 Å². The van der Waals surface area contributed by atoms with Crippen LogP contribution in [0.4, 0.5) is 0 Å². The maximum Gasteiger partial charge on any atom is 0.320 e. The summed E-state index contributed by atoms with van der Waals surface area (Å²) in [5.74, 6) is 0.213. The standard InChI is InChI=1S/C15H17N3O3/c1-10-4-6-11(7-5-10)14-16-13(17-21-14)9-18-8-2-3-12(18)15(19)20/h4-7,12H,2-3,8-9H2,1H3,(H,19,20). The average Bonchev–Trinajstić information content (AvgIpc) is 3.09. The summed E-state index contributed by atoms with van der Waals surface area (Å²) in [6.45, 7) is 3.18. The zero-order chi connectivity index (χ0) is 14.8. The number of carboxylic acid groups (broad SMARTS) is 1. The largest absolute Gasteiger partial charge is 0.480 e. The third kappa shape index (κ3) is 2.95. The van der Waals surface area contributed by atoms with Crippen molar-refractivity contribution in [2.45, 2.75) is 32.4 Å². The summed E-state index contributed by atoms with van der Waals surface area (Å²) in [4.78, 5) is 17.4. The van der Waals surface area contributed by atoms with E-state index in [1.807, 2.05) is 36.1 Å². The quantitative estimate of drug-likeness (QED) is 0.927. The summed E-state index contributed by atoms with van der Waals surface area (Å²) in [7, 11) is 0. The van der Waals surface area contributed by atoms with E-state index < -0.39 is 12.0 Å². The van der Waals surface area contributed by atoms with E-state index in [1.165, 1.54) is 5.56 Å². The molecule has 6 heteroatoms. The monoisotopic (exact) mass is 287 g/mol. The van der Waals surface area contributed by atoms with Gasteiger partial charge in [0.25, 0.3) is 5.89 Å². The Labute approximate surface area is 122 Å². The second-order valence-corrected chi connectivity index (χ2v) is 5.35. The number of carboxylic acids is 1. The molecule has 1 N–H and O–H groups in total. The van der Waals surface area contributed by atoms with E-state index in [4.69, 9.17) is 9.63 Å². The Bertz CT molecular complexity index is 636. The van der Waals surface area contributed by atoms with Gasteiger partial charge in [0.2, 0.25) is 0 Å². The van der Waals surface area contributed by atoms with Gasteiger partial charge in [0, 0.05) is 5.56 Å². The SMILES string of the molecule is Cc1ccc(-c2nc(CN3CCCC3C(=O)O)no2)cc1.